The predicted molar refractivity (Wildman–Crippen MR) is 83.8 cm³/mol. The van der Waals surface area contributed by atoms with Gasteiger partial charge in [-0.15, -0.1) is 11.8 Å². The standard InChI is InChI=1S/C14H19N3S2/c1-17-12(10-16-14(17)19-3)9-15-8-11-5-4-6-13(7-11)18-2/h4-7,10,15H,8-9H2,1-3H3. The molecule has 0 aliphatic rings. The van der Waals surface area contributed by atoms with Crippen molar-refractivity contribution in [3.8, 4) is 0 Å². The van der Waals surface area contributed by atoms with Gasteiger partial charge in [0.1, 0.15) is 0 Å². The molecule has 1 N–H and O–H groups in total. The van der Waals surface area contributed by atoms with E-state index in [1.165, 1.54) is 16.2 Å². The van der Waals surface area contributed by atoms with Gasteiger partial charge >= 0.3 is 0 Å². The molecule has 0 fully saturated rings. The van der Waals surface area contributed by atoms with E-state index in [2.05, 4.69) is 52.4 Å². The molecule has 102 valence electrons. The van der Waals surface area contributed by atoms with Crippen molar-refractivity contribution in [2.24, 2.45) is 7.05 Å². The molecule has 0 bridgehead atoms. The smallest absolute Gasteiger partial charge is 0.167 e. The Balaban J connectivity index is 1.90. The molecule has 1 heterocycles. The van der Waals surface area contributed by atoms with Crippen LogP contribution in [-0.4, -0.2) is 22.1 Å². The van der Waals surface area contributed by atoms with Crippen LogP contribution < -0.4 is 5.32 Å². The lowest BCUT2D eigenvalue weighted by atomic mass is 10.2. The summed E-state index contributed by atoms with van der Waals surface area (Å²) < 4.78 is 2.13. The van der Waals surface area contributed by atoms with Crippen LogP contribution in [-0.2, 0) is 20.1 Å². The number of nitrogens with zero attached hydrogens (tertiary/aromatic N) is 2. The van der Waals surface area contributed by atoms with Crippen LogP contribution in [0.4, 0.5) is 0 Å². The first kappa shape index (κ1) is 14.5. The number of rotatable bonds is 6. The molecule has 0 saturated carbocycles. The first-order chi connectivity index (χ1) is 9.24. The third-order valence-electron chi connectivity index (χ3n) is 2.99. The van der Waals surface area contributed by atoms with Gasteiger partial charge in [0.15, 0.2) is 5.16 Å². The quantitative estimate of drug-likeness (QED) is 0.829. The topological polar surface area (TPSA) is 29.9 Å². The summed E-state index contributed by atoms with van der Waals surface area (Å²) in [6.45, 7) is 1.72. The molecule has 1 aromatic heterocycles. The number of hydrogen-bond acceptors (Lipinski definition) is 4. The van der Waals surface area contributed by atoms with Gasteiger partial charge in [0.05, 0.1) is 11.9 Å². The van der Waals surface area contributed by atoms with Gasteiger partial charge in [0.2, 0.25) is 0 Å². The number of hydrogen-bond donors (Lipinski definition) is 1. The van der Waals surface area contributed by atoms with Crippen molar-refractivity contribution in [3.63, 3.8) is 0 Å². The molecule has 0 aliphatic carbocycles. The van der Waals surface area contributed by atoms with E-state index in [0.717, 1.165) is 18.2 Å². The average molecular weight is 293 g/mol. The van der Waals surface area contributed by atoms with Gasteiger partial charge in [-0.05, 0) is 30.2 Å². The van der Waals surface area contributed by atoms with Gasteiger partial charge in [-0.3, -0.25) is 0 Å². The Bertz CT molecular complexity index is 537. The molecule has 3 nitrogen and oxygen atoms in total. The lowest BCUT2D eigenvalue weighted by Gasteiger charge is -2.07. The summed E-state index contributed by atoms with van der Waals surface area (Å²) in [5.74, 6) is 0. The van der Waals surface area contributed by atoms with E-state index in [1.807, 2.05) is 12.5 Å². The van der Waals surface area contributed by atoms with Crippen molar-refractivity contribution in [2.75, 3.05) is 12.5 Å². The monoisotopic (exact) mass is 293 g/mol. The normalized spacial score (nSPS) is 10.9. The van der Waals surface area contributed by atoms with Crippen LogP contribution in [0.15, 0.2) is 40.5 Å². The molecule has 0 unspecified atom stereocenters. The Morgan fingerprint density at radius 2 is 2.05 bits per heavy atom. The SMILES string of the molecule is CSc1cccc(CNCc2cnc(SC)n2C)c1. The fourth-order valence-corrected chi connectivity index (χ4v) is 2.93. The first-order valence-corrected chi connectivity index (χ1v) is 8.57. The van der Waals surface area contributed by atoms with Crippen LogP contribution in [0.2, 0.25) is 0 Å². The van der Waals surface area contributed by atoms with E-state index in [-0.39, 0.29) is 0 Å². The Kier molecular flexibility index (Phi) is 5.36. The van der Waals surface area contributed by atoms with Crippen LogP contribution in [0.25, 0.3) is 0 Å². The van der Waals surface area contributed by atoms with Crippen molar-refractivity contribution < 1.29 is 0 Å². The van der Waals surface area contributed by atoms with E-state index in [4.69, 9.17) is 0 Å². The molecule has 0 radical (unpaired) electrons. The molecule has 1 aromatic carbocycles. The highest BCUT2D eigenvalue weighted by molar-refractivity contribution is 7.98. The molecular formula is C14H19N3S2. The van der Waals surface area contributed by atoms with Crippen LogP contribution >= 0.6 is 23.5 Å². The summed E-state index contributed by atoms with van der Waals surface area (Å²) in [6.07, 6.45) is 6.09. The Morgan fingerprint density at radius 3 is 2.74 bits per heavy atom. The molecule has 2 aromatic rings. The van der Waals surface area contributed by atoms with Crippen molar-refractivity contribution in [2.45, 2.75) is 23.1 Å². The lowest BCUT2D eigenvalue weighted by molar-refractivity contribution is 0.638. The molecule has 0 aliphatic heterocycles. The minimum atomic E-state index is 0.841. The number of imidazole rings is 1. The van der Waals surface area contributed by atoms with Crippen LogP contribution in [0.1, 0.15) is 11.3 Å². The fourth-order valence-electron chi connectivity index (χ4n) is 1.90. The van der Waals surface area contributed by atoms with E-state index >= 15 is 0 Å². The molecule has 2 rings (SSSR count). The van der Waals surface area contributed by atoms with E-state index in [0.29, 0.717) is 0 Å². The zero-order valence-corrected chi connectivity index (χ0v) is 13.1. The maximum absolute atomic E-state index is 4.37. The Labute approximate surface area is 123 Å². The molecule has 5 heteroatoms. The zero-order valence-electron chi connectivity index (χ0n) is 11.5. The van der Waals surface area contributed by atoms with Gasteiger partial charge in [0, 0.05) is 25.0 Å². The van der Waals surface area contributed by atoms with Gasteiger partial charge in [-0.25, -0.2) is 4.98 Å². The van der Waals surface area contributed by atoms with Crippen molar-refractivity contribution in [1.82, 2.24) is 14.9 Å². The molecular weight excluding hydrogens is 274 g/mol. The van der Waals surface area contributed by atoms with E-state index < -0.39 is 0 Å². The third kappa shape index (κ3) is 3.78. The second kappa shape index (κ2) is 7.03. The maximum Gasteiger partial charge on any atom is 0.167 e. The Morgan fingerprint density at radius 1 is 1.21 bits per heavy atom. The van der Waals surface area contributed by atoms with Crippen LogP contribution in [0.3, 0.4) is 0 Å². The summed E-state index contributed by atoms with van der Waals surface area (Å²) in [5, 5.41) is 4.52. The van der Waals surface area contributed by atoms with Crippen LogP contribution in [0.5, 0.6) is 0 Å². The molecule has 0 amide bonds. The number of thioether (sulfide) groups is 2. The van der Waals surface area contributed by atoms with Gasteiger partial charge in [-0.2, -0.15) is 0 Å². The highest BCUT2D eigenvalue weighted by Gasteiger charge is 2.04. The summed E-state index contributed by atoms with van der Waals surface area (Å²) in [7, 11) is 2.06. The summed E-state index contributed by atoms with van der Waals surface area (Å²) in [4.78, 5) is 5.68. The summed E-state index contributed by atoms with van der Waals surface area (Å²) in [5.41, 5.74) is 2.53. The minimum Gasteiger partial charge on any atom is -0.325 e. The van der Waals surface area contributed by atoms with Gasteiger partial charge < -0.3 is 9.88 Å². The second-order valence-electron chi connectivity index (χ2n) is 4.25. The largest absolute Gasteiger partial charge is 0.325 e. The van der Waals surface area contributed by atoms with Gasteiger partial charge in [-0.1, -0.05) is 23.9 Å². The maximum atomic E-state index is 4.37. The lowest BCUT2D eigenvalue weighted by Crippen LogP contribution is -2.15. The molecule has 0 spiro atoms. The van der Waals surface area contributed by atoms with E-state index in [9.17, 15) is 0 Å². The molecule has 0 saturated heterocycles. The average Bonchev–Trinajstić information content (AvgIpc) is 2.80. The third-order valence-corrected chi connectivity index (χ3v) is 4.46. The number of benzene rings is 1. The predicted octanol–water partition coefficient (Wildman–Crippen LogP) is 3.15. The number of nitrogens with one attached hydrogen (secondary N) is 1. The highest BCUT2D eigenvalue weighted by Crippen LogP contribution is 2.16. The highest BCUT2D eigenvalue weighted by atomic mass is 32.2. The molecule has 19 heavy (non-hydrogen) atoms. The molecule has 0 atom stereocenters. The van der Waals surface area contributed by atoms with Crippen LogP contribution in [0, 0.1) is 0 Å². The van der Waals surface area contributed by atoms with E-state index in [1.54, 1.807) is 23.5 Å². The second-order valence-corrected chi connectivity index (χ2v) is 5.90. The minimum absolute atomic E-state index is 0.841. The zero-order chi connectivity index (χ0) is 13.7. The number of aromatic nitrogens is 2. The summed E-state index contributed by atoms with van der Waals surface area (Å²) >= 11 is 3.45. The van der Waals surface area contributed by atoms with Crippen molar-refractivity contribution >= 4 is 23.5 Å². The van der Waals surface area contributed by atoms with Gasteiger partial charge in [0.25, 0.3) is 0 Å². The summed E-state index contributed by atoms with van der Waals surface area (Å²) in [6, 6.07) is 8.64. The van der Waals surface area contributed by atoms with Crippen molar-refractivity contribution in [3.05, 3.63) is 41.7 Å². The first-order valence-electron chi connectivity index (χ1n) is 6.13. The van der Waals surface area contributed by atoms with Crippen molar-refractivity contribution in [1.29, 1.82) is 0 Å². The fraction of sp³-hybridized carbons (Fsp3) is 0.357. The Hall–Kier alpha value is -0.910.